The minimum absolute atomic E-state index is 0.0145. The summed E-state index contributed by atoms with van der Waals surface area (Å²) in [4.78, 5) is 22.0. The molecule has 0 unspecified atom stereocenters. The number of benzene rings is 1. The maximum Gasteiger partial charge on any atom is 0.278 e. The Kier molecular flexibility index (Phi) is 6.01. The highest BCUT2D eigenvalue weighted by Gasteiger charge is 2.19. The molecule has 0 aliphatic heterocycles. The highest BCUT2D eigenvalue weighted by atomic mass is 79.9. The van der Waals surface area contributed by atoms with Gasteiger partial charge in [-0.3, -0.25) is 9.63 Å². The molecule has 0 fully saturated rings. The number of nitrogens with one attached hydrogen (secondary N) is 2. The van der Waals surface area contributed by atoms with Crippen molar-refractivity contribution in [3.05, 3.63) is 57.4 Å². The number of amides is 1. The van der Waals surface area contributed by atoms with Gasteiger partial charge in [-0.15, -0.1) is 0 Å². The molecule has 1 aromatic carbocycles. The molecule has 1 atom stereocenters. The number of aryl methyl sites for hydroxylation is 1. The third-order valence-electron chi connectivity index (χ3n) is 3.84. The van der Waals surface area contributed by atoms with Crippen LogP contribution in [0, 0.1) is 6.92 Å². The lowest BCUT2D eigenvalue weighted by Crippen LogP contribution is -2.28. The van der Waals surface area contributed by atoms with Crippen LogP contribution in [0.1, 0.15) is 22.8 Å². The van der Waals surface area contributed by atoms with Gasteiger partial charge < -0.3 is 14.8 Å². The van der Waals surface area contributed by atoms with E-state index in [9.17, 15) is 9.90 Å². The number of aliphatic hydroxyl groups excluding tert-OH is 1. The molecule has 9 heteroatoms. The number of aliphatic hydroxyl groups is 1. The highest BCUT2D eigenvalue weighted by Crippen LogP contribution is 2.32. The molecule has 0 saturated heterocycles. The molecule has 2 heterocycles. The Labute approximate surface area is 169 Å². The first-order chi connectivity index (χ1) is 12.9. The molecular weight excluding hydrogens is 436 g/mol. The summed E-state index contributed by atoms with van der Waals surface area (Å²) in [6.07, 6.45) is 4.38. The summed E-state index contributed by atoms with van der Waals surface area (Å²) in [5.74, 6) is -0.454. The van der Waals surface area contributed by atoms with E-state index in [0.29, 0.717) is 27.6 Å². The van der Waals surface area contributed by atoms with Gasteiger partial charge in [-0.25, -0.2) is 10.5 Å². The average Bonchev–Trinajstić information content (AvgIpc) is 3.07. The van der Waals surface area contributed by atoms with E-state index in [1.807, 2.05) is 19.1 Å². The van der Waals surface area contributed by atoms with Crippen LogP contribution in [0.25, 0.3) is 5.65 Å². The van der Waals surface area contributed by atoms with E-state index in [2.05, 4.69) is 31.7 Å². The van der Waals surface area contributed by atoms with E-state index in [-0.39, 0.29) is 6.61 Å². The Balaban J connectivity index is 2.00. The summed E-state index contributed by atoms with van der Waals surface area (Å²) >= 11 is 9.69. The van der Waals surface area contributed by atoms with Crippen molar-refractivity contribution in [3.8, 4) is 0 Å². The third kappa shape index (κ3) is 4.41. The minimum atomic E-state index is -0.692. The maximum atomic E-state index is 12.7. The summed E-state index contributed by atoms with van der Waals surface area (Å²) in [6, 6.07) is 5.43. The van der Waals surface area contributed by atoms with Crippen molar-refractivity contribution in [2.45, 2.75) is 20.0 Å². The van der Waals surface area contributed by atoms with Crippen molar-refractivity contribution in [1.82, 2.24) is 14.9 Å². The number of imidazole rings is 1. The molecule has 2 aromatic heterocycles. The summed E-state index contributed by atoms with van der Waals surface area (Å²) in [6.45, 7) is 3.42. The summed E-state index contributed by atoms with van der Waals surface area (Å²) in [5, 5.41) is 13.0. The van der Waals surface area contributed by atoms with Crippen molar-refractivity contribution >= 4 is 50.5 Å². The van der Waals surface area contributed by atoms with Gasteiger partial charge >= 0.3 is 0 Å². The van der Waals surface area contributed by atoms with Gasteiger partial charge in [0.15, 0.2) is 0 Å². The zero-order valence-electron chi connectivity index (χ0n) is 14.7. The number of nitrogens with zero attached hydrogens (tertiary/aromatic N) is 2. The lowest BCUT2D eigenvalue weighted by molar-refractivity contribution is -0.00684. The number of anilines is 2. The largest absolute Gasteiger partial charge is 0.391 e. The molecule has 142 valence electrons. The lowest BCUT2D eigenvalue weighted by atomic mass is 10.1. The molecule has 1 amide bonds. The second-order valence-corrected chi connectivity index (χ2v) is 7.36. The van der Waals surface area contributed by atoms with Crippen LogP contribution < -0.4 is 10.8 Å². The minimum Gasteiger partial charge on any atom is -0.391 e. The predicted octanol–water partition coefficient (Wildman–Crippen LogP) is 3.84. The number of hydrogen-bond donors (Lipinski definition) is 3. The summed E-state index contributed by atoms with van der Waals surface area (Å²) in [5.41, 5.74) is 5.41. The first kappa shape index (κ1) is 19.6. The van der Waals surface area contributed by atoms with Crippen LogP contribution in [0.2, 0.25) is 5.02 Å². The van der Waals surface area contributed by atoms with Crippen LogP contribution >= 0.6 is 27.5 Å². The van der Waals surface area contributed by atoms with E-state index in [1.165, 1.54) is 0 Å². The maximum absolute atomic E-state index is 12.7. The molecule has 0 aliphatic carbocycles. The van der Waals surface area contributed by atoms with Crippen molar-refractivity contribution in [1.29, 1.82) is 0 Å². The van der Waals surface area contributed by atoms with Gasteiger partial charge in [0.2, 0.25) is 0 Å². The molecule has 27 heavy (non-hydrogen) atoms. The number of carbonyl (C=O) groups excluding carboxylic acids is 1. The molecule has 3 rings (SSSR count). The topological polar surface area (TPSA) is 87.9 Å². The first-order valence-electron chi connectivity index (χ1n) is 8.15. The molecule has 0 saturated carbocycles. The number of fused-ring (bicyclic) bond motifs is 1. The van der Waals surface area contributed by atoms with Crippen molar-refractivity contribution in [3.63, 3.8) is 0 Å². The Morgan fingerprint density at radius 3 is 2.96 bits per heavy atom. The van der Waals surface area contributed by atoms with Crippen LogP contribution in [0.3, 0.4) is 0 Å². The van der Waals surface area contributed by atoms with E-state index < -0.39 is 12.0 Å². The van der Waals surface area contributed by atoms with Crippen LogP contribution in [0.15, 0.2) is 41.3 Å². The Bertz CT molecular complexity index is 990. The lowest BCUT2D eigenvalue weighted by Gasteiger charge is -2.17. The number of pyridine rings is 1. The quantitative estimate of drug-likeness (QED) is 0.494. The second-order valence-electron chi connectivity index (χ2n) is 6.04. The summed E-state index contributed by atoms with van der Waals surface area (Å²) in [7, 11) is 0. The van der Waals surface area contributed by atoms with Crippen LogP contribution in [0.4, 0.5) is 11.4 Å². The van der Waals surface area contributed by atoms with Crippen LogP contribution in [-0.2, 0) is 4.84 Å². The highest BCUT2D eigenvalue weighted by molar-refractivity contribution is 9.10. The Morgan fingerprint density at radius 1 is 1.48 bits per heavy atom. The number of carbonyl (C=O) groups is 1. The number of hydrogen-bond acceptors (Lipinski definition) is 5. The fraction of sp³-hybridized carbons (Fsp3) is 0.222. The van der Waals surface area contributed by atoms with Gasteiger partial charge in [0.25, 0.3) is 5.91 Å². The molecule has 7 nitrogen and oxygen atoms in total. The molecular formula is C18H18BrClN4O3. The fourth-order valence-electron chi connectivity index (χ4n) is 2.57. The van der Waals surface area contributed by atoms with Crippen molar-refractivity contribution < 1.29 is 14.7 Å². The van der Waals surface area contributed by atoms with Gasteiger partial charge in [0.1, 0.15) is 12.3 Å². The van der Waals surface area contributed by atoms with Crippen molar-refractivity contribution in [2.24, 2.45) is 0 Å². The van der Waals surface area contributed by atoms with E-state index in [4.69, 9.17) is 16.4 Å². The molecule has 0 bridgehead atoms. The van der Waals surface area contributed by atoms with Crippen LogP contribution in [-0.4, -0.2) is 33.1 Å². The van der Waals surface area contributed by atoms with Crippen LogP contribution in [0.5, 0.6) is 0 Å². The number of halogens is 2. The van der Waals surface area contributed by atoms with E-state index in [0.717, 1.165) is 10.0 Å². The SMILES string of the molecule is Cc1c(Nc2ccc(Br)cc2Cl)c(C(=O)NOC[C@H](C)O)cn2ccnc12. The van der Waals surface area contributed by atoms with E-state index >= 15 is 0 Å². The zero-order valence-corrected chi connectivity index (χ0v) is 17.0. The molecule has 0 spiro atoms. The monoisotopic (exact) mass is 452 g/mol. The van der Waals surface area contributed by atoms with Crippen molar-refractivity contribution in [2.75, 3.05) is 11.9 Å². The Hall–Kier alpha value is -2.13. The zero-order chi connectivity index (χ0) is 19.6. The standard InChI is InChI=1S/C18H18BrClN4O3/c1-10(25)9-27-23-18(26)13-8-24-6-5-21-17(24)11(2)16(13)22-15-4-3-12(19)7-14(15)20/h3-8,10,22,25H,9H2,1-2H3,(H,23,26)/t10-/m0/s1. The molecule has 0 radical (unpaired) electrons. The molecule has 0 aliphatic rings. The predicted molar refractivity (Wildman–Crippen MR) is 107 cm³/mol. The summed E-state index contributed by atoms with van der Waals surface area (Å²) < 4.78 is 2.61. The van der Waals surface area contributed by atoms with Gasteiger partial charge in [0, 0.05) is 28.6 Å². The first-order valence-corrected chi connectivity index (χ1v) is 9.32. The second kappa shape index (κ2) is 8.26. The smallest absolute Gasteiger partial charge is 0.278 e. The normalized spacial score (nSPS) is 12.2. The van der Waals surface area contributed by atoms with Gasteiger partial charge in [-0.05, 0) is 32.0 Å². The number of rotatable bonds is 6. The number of aromatic nitrogens is 2. The average molecular weight is 454 g/mol. The molecule has 3 N–H and O–H groups in total. The fourth-order valence-corrected chi connectivity index (χ4v) is 3.29. The third-order valence-corrected chi connectivity index (χ3v) is 4.65. The Morgan fingerprint density at radius 2 is 2.26 bits per heavy atom. The van der Waals surface area contributed by atoms with Gasteiger partial charge in [-0.1, -0.05) is 27.5 Å². The van der Waals surface area contributed by atoms with Gasteiger partial charge in [-0.2, -0.15) is 0 Å². The molecule has 3 aromatic rings. The van der Waals surface area contributed by atoms with E-state index in [1.54, 1.807) is 36.0 Å². The number of hydroxylamine groups is 1. The van der Waals surface area contributed by atoms with Gasteiger partial charge in [0.05, 0.1) is 28.1 Å².